The highest BCUT2D eigenvalue weighted by molar-refractivity contribution is 5.97. The Labute approximate surface area is 158 Å². The molecule has 4 heteroatoms. The van der Waals surface area contributed by atoms with Crippen LogP contribution in [-0.2, 0) is 4.74 Å². The van der Waals surface area contributed by atoms with Gasteiger partial charge in [-0.25, -0.2) is 4.79 Å². The first-order chi connectivity index (χ1) is 12.5. The Morgan fingerprint density at radius 3 is 2.46 bits per heavy atom. The van der Waals surface area contributed by atoms with Crippen LogP contribution < -0.4 is 5.32 Å². The van der Waals surface area contributed by atoms with Gasteiger partial charge in [0.1, 0.15) is 0 Å². The fourth-order valence-corrected chi connectivity index (χ4v) is 2.81. The molecule has 26 heavy (non-hydrogen) atoms. The minimum Gasteiger partial charge on any atom is -0.462 e. The van der Waals surface area contributed by atoms with Gasteiger partial charge in [-0.05, 0) is 49.3 Å². The number of rotatable bonds is 12. The van der Waals surface area contributed by atoms with Crippen LogP contribution in [0.5, 0.6) is 0 Å². The third-order valence-electron chi connectivity index (χ3n) is 4.61. The second kappa shape index (κ2) is 12.5. The highest BCUT2D eigenvalue weighted by Crippen LogP contribution is 2.12. The van der Waals surface area contributed by atoms with Gasteiger partial charge in [-0.3, -0.25) is 4.79 Å². The summed E-state index contributed by atoms with van der Waals surface area (Å²) in [5.41, 5.74) is 0.937. The second-order valence-corrected chi connectivity index (χ2v) is 7.38. The van der Waals surface area contributed by atoms with Crippen LogP contribution in [-0.4, -0.2) is 25.0 Å². The zero-order chi connectivity index (χ0) is 19.4. The summed E-state index contributed by atoms with van der Waals surface area (Å²) in [6.45, 7) is 9.73. The number of nitrogens with one attached hydrogen (secondary N) is 1. The lowest BCUT2D eigenvalue weighted by molar-refractivity contribution is 0.0494. The van der Waals surface area contributed by atoms with Crippen molar-refractivity contribution < 1.29 is 14.3 Å². The van der Waals surface area contributed by atoms with Crippen molar-refractivity contribution in [1.82, 2.24) is 5.32 Å². The molecule has 0 heterocycles. The van der Waals surface area contributed by atoms with E-state index in [9.17, 15) is 9.59 Å². The molecule has 4 nitrogen and oxygen atoms in total. The van der Waals surface area contributed by atoms with Crippen molar-refractivity contribution in [2.75, 3.05) is 13.2 Å². The van der Waals surface area contributed by atoms with Crippen LogP contribution in [0.15, 0.2) is 24.3 Å². The van der Waals surface area contributed by atoms with Gasteiger partial charge in [-0.1, -0.05) is 53.0 Å². The minimum absolute atomic E-state index is 0.130. The lowest BCUT2D eigenvalue weighted by Gasteiger charge is -2.15. The van der Waals surface area contributed by atoms with Crippen LogP contribution in [0.25, 0.3) is 0 Å². The van der Waals surface area contributed by atoms with Gasteiger partial charge >= 0.3 is 5.97 Å². The van der Waals surface area contributed by atoms with Crippen LogP contribution in [0.3, 0.4) is 0 Å². The van der Waals surface area contributed by atoms with Crippen LogP contribution in [0.1, 0.15) is 86.9 Å². The van der Waals surface area contributed by atoms with Gasteiger partial charge in [0.25, 0.3) is 5.91 Å². The summed E-state index contributed by atoms with van der Waals surface area (Å²) in [5.74, 6) is 0.616. The Morgan fingerprint density at radius 2 is 1.81 bits per heavy atom. The van der Waals surface area contributed by atoms with E-state index in [-0.39, 0.29) is 11.9 Å². The van der Waals surface area contributed by atoms with Crippen molar-refractivity contribution >= 4 is 11.9 Å². The Morgan fingerprint density at radius 1 is 1.08 bits per heavy atom. The summed E-state index contributed by atoms with van der Waals surface area (Å²) in [6.07, 6.45) is 6.45. The van der Waals surface area contributed by atoms with Gasteiger partial charge < -0.3 is 10.1 Å². The van der Waals surface area contributed by atoms with Gasteiger partial charge in [-0.15, -0.1) is 0 Å². The smallest absolute Gasteiger partial charge is 0.338 e. The first-order valence-corrected chi connectivity index (χ1v) is 10.0. The molecular formula is C22H35NO3. The number of unbranched alkanes of at least 4 members (excludes halogenated alkanes) is 1. The molecule has 0 aromatic heterocycles. The SMILES string of the molecule is CCCCC(CC)CNC(=O)c1cccc(C(=O)OCCCC(C)C)c1. The molecule has 0 fully saturated rings. The predicted molar refractivity (Wildman–Crippen MR) is 106 cm³/mol. The quantitative estimate of drug-likeness (QED) is 0.410. The maximum Gasteiger partial charge on any atom is 0.338 e. The number of benzene rings is 1. The van der Waals surface area contributed by atoms with Crippen LogP contribution in [0.4, 0.5) is 0 Å². The summed E-state index contributed by atoms with van der Waals surface area (Å²) in [4.78, 5) is 24.5. The molecule has 0 aliphatic heterocycles. The molecule has 0 saturated heterocycles. The molecule has 1 atom stereocenters. The van der Waals surface area contributed by atoms with Gasteiger partial charge in [-0.2, -0.15) is 0 Å². The fourth-order valence-electron chi connectivity index (χ4n) is 2.81. The van der Waals surface area contributed by atoms with Crippen LogP contribution >= 0.6 is 0 Å². The highest BCUT2D eigenvalue weighted by Gasteiger charge is 2.13. The average Bonchev–Trinajstić information content (AvgIpc) is 2.65. The molecule has 1 aromatic carbocycles. The lowest BCUT2D eigenvalue weighted by atomic mass is 9.99. The largest absolute Gasteiger partial charge is 0.462 e. The Bertz CT molecular complexity index is 554. The van der Waals surface area contributed by atoms with E-state index < -0.39 is 0 Å². The summed E-state index contributed by atoms with van der Waals surface area (Å²) in [5, 5.41) is 3.00. The van der Waals surface area contributed by atoms with Crippen LogP contribution in [0, 0.1) is 11.8 Å². The number of hydrogen-bond acceptors (Lipinski definition) is 3. The van der Waals surface area contributed by atoms with E-state index in [1.807, 2.05) is 0 Å². The highest BCUT2D eigenvalue weighted by atomic mass is 16.5. The van der Waals surface area contributed by atoms with E-state index in [4.69, 9.17) is 4.74 Å². The third kappa shape index (κ3) is 8.50. The van der Waals surface area contributed by atoms with E-state index in [0.29, 0.717) is 36.1 Å². The molecule has 1 unspecified atom stereocenters. The first kappa shape index (κ1) is 22.2. The zero-order valence-electron chi connectivity index (χ0n) is 16.8. The molecule has 1 rings (SSSR count). The molecule has 0 bridgehead atoms. The Balaban J connectivity index is 2.53. The lowest BCUT2D eigenvalue weighted by Crippen LogP contribution is -2.29. The van der Waals surface area contributed by atoms with Gasteiger partial charge in [0.15, 0.2) is 0 Å². The van der Waals surface area contributed by atoms with E-state index >= 15 is 0 Å². The molecule has 1 N–H and O–H groups in total. The normalized spacial score (nSPS) is 12.0. The standard InChI is InChI=1S/C22H35NO3/c1-5-7-11-18(6-2)16-23-21(24)19-12-8-13-20(15-19)22(25)26-14-9-10-17(3)4/h8,12-13,15,17-18H,5-7,9-11,14,16H2,1-4H3,(H,23,24). The van der Waals surface area contributed by atoms with Crippen LogP contribution in [0.2, 0.25) is 0 Å². The number of carbonyl (C=O) groups is 2. The summed E-state index contributed by atoms with van der Waals surface area (Å²) < 4.78 is 5.30. The Kier molecular flexibility index (Phi) is 10.7. The molecule has 1 amide bonds. The molecule has 1 aromatic rings. The monoisotopic (exact) mass is 361 g/mol. The fraction of sp³-hybridized carbons (Fsp3) is 0.636. The third-order valence-corrected chi connectivity index (χ3v) is 4.61. The van der Waals surface area contributed by atoms with Gasteiger partial charge in [0, 0.05) is 12.1 Å². The van der Waals surface area contributed by atoms with Crippen molar-refractivity contribution in [2.45, 2.75) is 66.2 Å². The van der Waals surface area contributed by atoms with E-state index in [0.717, 1.165) is 25.7 Å². The first-order valence-electron chi connectivity index (χ1n) is 10.0. The Hall–Kier alpha value is -1.84. The number of amides is 1. The topological polar surface area (TPSA) is 55.4 Å². The van der Waals surface area contributed by atoms with E-state index in [1.165, 1.54) is 12.8 Å². The van der Waals surface area contributed by atoms with Crippen molar-refractivity contribution in [3.05, 3.63) is 35.4 Å². The molecule has 0 spiro atoms. The molecule has 0 radical (unpaired) electrons. The molecule has 0 aliphatic carbocycles. The molecule has 146 valence electrons. The summed E-state index contributed by atoms with van der Waals surface area (Å²) in [7, 11) is 0. The van der Waals surface area contributed by atoms with Crippen molar-refractivity contribution in [1.29, 1.82) is 0 Å². The summed E-state index contributed by atoms with van der Waals surface area (Å²) >= 11 is 0. The average molecular weight is 362 g/mol. The number of carbonyl (C=O) groups excluding carboxylic acids is 2. The van der Waals surface area contributed by atoms with Crippen molar-refractivity contribution in [2.24, 2.45) is 11.8 Å². The minimum atomic E-state index is -0.363. The second-order valence-electron chi connectivity index (χ2n) is 7.38. The molecule has 0 saturated carbocycles. The van der Waals surface area contributed by atoms with Crippen molar-refractivity contribution in [3.8, 4) is 0 Å². The summed E-state index contributed by atoms with van der Waals surface area (Å²) in [6, 6.07) is 6.77. The number of ether oxygens (including phenoxy) is 1. The predicted octanol–water partition coefficient (Wildman–Crippen LogP) is 5.23. The maximum absolute atomic E-state index is 12.4. The maximum atomic E-state index is 12.4. The molecular weight excluding hydrogens is 326 g/mol. The molecule has 0 aliphatic rings. The van der Waals surface area contributed by atoms with E-state index in [2.05, 4.69) is 33.0 Å². The number of esters is 1. The number of hydrogen-bond donors (Lipinski definition) is 1. The zero-order valence-corrected chi connectivity index (χ0v) is 16.8. The van der Waals surface area contributed by atoms with Gasteiger partial charge in [0.2, 0.25) is 0 Å². The van der Waals surface area contributed by atoms with Crippen molar-refractivity contribution in [3.63, 3.8) is 0 Å². The van der Waals surface area contributed by atoms with Gasteiger partial charge in [0.05, 0.1) is 12.2 Å². The van der Waals surface area contributed by atoms with E-state index in [1.54, 1.807) is 24.3 Å².